The van der Waals surface area contributed by atoms with E-state index in [0.29, 0.717) is 12.8 Å². The maximum atomic E-state index is 12.9. The van der Waals surface area contributed by atoms with Crippen LogP contribution in [0.15, 0.2) is 24.3 Å². The number of nitrogens with one attached hydrogen (secondary N) is 1. The van der Waals surface area contributed by atoms with Gasteiger partial charge in [-0.2, -0.15) is 0 Å². The molecule has 1 amide bonds. The van der Waals surface area contributed by atoms with Crippen LogP contribution in [0, 0.1) is 0 Å². The number of phosphoric acid groups is 1. The van der Waals surface area contributed by atoms with Crippen molar-refractivity contribution >= 4 is 13.7 Å². The van der Waals surface area contributed by atoms with Crippen LogP contribution >= 0.6 is 7.82 Å². The molecule has 14 heteroatoms. The topological polar surface area (TPSA) is 226 Å². The number of aliphatic hydroxyl groups excluding tert-OH is 7. The second kappa shape index (κ2) is 31.7. The first-order valence-electron chi connectivity index (χ1n) is 21.4. The summed E-state index contributed by atoms with van der Waals surface area (Å²) in [5.74, 6) is -0.605. The lowest BCUT2D eigenvalue weighted by Gasteiger charge is -2.41. The molecule has 0 aliphatic heterocycles. The molecule has 324 valence electrons. The molecule has 55 heavy (non-hydrogen) atoms. The molecule has 0 spiro atoms. The van der Waals surface area contributed by atoms with Gasteiger partial charge in [-0.05, 0) is 44.9 Å². The van der Waals surface area contributed by atoms with Gasteiger partial charge in [0.2, 0.25) is 5.91 Å². The molecule has 13 nitrogen and oxygen atoms in total. The van der Waals surface area contributed by atoms with Crippen molar-refractivity contribution in [1.29, 1.82) is 0 Å². The van der Waals surface area contributed by atoms with E-state index >= 15 is 0 Å². The zero-order valence-electron chi connectivity index (χ0n) is 33.8. The number of hydrogen-bond donors (Lipinski definition) is 9. The molecule has 1 aliphatic carbocycles. The van der Waals surface area contributed by atoms with Gasteiger partial charge in [-0.25, -0.2) is 4.57 Å². The van der Waals surface area contributed by atoms with Gasteiger partial charge in [-0.15, -0.1) is 0 Å². The molecular formula is C41H78NO12P. The summed E-state index contributed by atoms with van der Waals surface area (Å²) in [5.41, 5.74) is 0. The Labute approximate surface area is 331 Å². The Balaban J connectivity index is 2.62. The summed E-state index contributed by atoms with van der Waals surface area (Å²) in [6, 6.07) is -1.24. The van der Waals surface area contributed by atoms with Crippen molar-refractivity contribution in [3.63, 3.8) is 0 Å². The lowest BCUT2D eigenvalue weighted by molar-refractivity contribution is -0.220. The van der Waals surface area contributed by atoms with Crippen LogP contribution in [-0.2, 0) is 18.4 Å². The summed E-state index contributed by atoms with van der Waals surface area (Å²) < 4.78 is 22.8. The van der Waals surface area contributed by atoms with Crippen LogP contribution in [-0.4, -0.2) is 108 Å². The molecule has 8 unspecified atom stereocenters. The third-order valence-electron chi connectivity index (χ3n) is 10.3. The van der Waals surface area contributed by atoms with Gasteiger partial charge in [0.1, 0.15) is 36.6 Å². The molecule has 0 bridgehead atoms. The van der Waals surface area contributed by atoms with Gasteiger partial charge >= 0.3 is 7.82 Å². The third kappa shape index (κ3) is 24.3. The Kier molecular flexibility index (Phi) is 29.9. The highest BCUT2D eigenvalue weighted by molar-refractivity contribution is 7.47. The van der Waals surface area contributed by atoms with Crippen molar-refractivity contribution in [2.45, 2.75) is 223 Å². The van der Waals surface area contributed by atoms with Crippen LogP contribution in [0.5, 0.6) is 0 Å². The Hall–Kier alpha value is -1.22. The highest BCUT2D eigenvalue weighted by atomic mass is 31.2. The molecule has 8 atom stereocenters. The van der Waals surface area contributed by atoms with E-state index in [4.69, 9.17) is 9.05 Å². The van der Waals surface area contributed by atoms with E-state index in [0.717, 1.165) is 51.4 Å². The lowest BCUT2D eigenvalue weighted by Crippen LogP contribution is -2.64. The summed E-state index contributed by atoms with van der Waals surface area (Å²) >= 11 is 0. The SMILES string of the molecule is CCCCC/C=C\CCCCCC(O)CC(=O)NC(COP(=O)(O)OC1C(O)C(O)C(O)C(O)C1O)C(O)/C=C/CCCCCCCCCCCCCCC. The van der Waals surface area contributed by atoms with Gasteiger partial charge < -0.3 is 46.0 Å². The first kappa shape index (κ1) is 51.8. The predicted octanol–water partition coefficient (Wildman–Crippen LogP) is 6.03. The predicted molar refractivity (Wildman–Crippen MR) is 215 cm³/mol. The van der Waals surface area contributed by atoms with Crippen molar-refractivity contribution in [3.05, 3.63) is 24.3 Å². The molecular weight excluding hydrogens is 729 g/mol. The molecule has 1 aliphatic rings. The van der Waals surface area contributed by atoms with E-state index in [1.54, 1.807) is 6.08 Å². The minimum Gasteiger partial charge on any atom is -0.393 e. The average Bonchev–Trinajstić information content (AvgIpc) is 3.15. The Bertz CT molecular complexity index is 1050. The molecule has 0 aromatic carbocycles. The Morgan fingerprint density at radius 2 is 1.05 bits per heavy atom. The Morgan fingerprint density at radius 1 is 0.636 bits per heavy atom. The minimum atomic E-state index is -5.13. The molecule has 0 saturated heterocycles. The van der Waals surface area contributed by atoms with Gasteiger partial charge in [0, 0.05) is 0 Å². The number of allylic oxidation sites excluding steroid dienone is 3. The average molecular weight is 808 g/mol. The zero-order chi connectivity index (χ0) is 40.9. The largest absolute Gasteiger partial charge is 0.472 e. The van der Waals surface area contributed by atoms with Crippen LogP contribution in [0.4, 0.5) is 0 Å². The normalized spacial score (nSPS) is 24.6. The quantitative estimate of drug-likeness (QED) is 0.0207. The lowest BCUT2D eigenvalue weighted by atomic mass is 9.85. The van der Waals surface area contributed by atoms with E-state index in [2.05, 4.69) is 31.3 Å². The molecule has 0 heterocycles. The second-order valence-electron chi connectivity index (χ2n) is 15.4. The monoisotopic (exact) mass is 808 g/mol. The number of aliphatic hydroxyl groups is 7. The third-order valence-corrected chi connectivity index (χ3v) is 11.3. The molecule has 0 aromatic heterocycles. The van der Waals surface area contributed by atoms with E-state index < -0.39 is 75.2 Å². The van der Waals surface area contributed by atoms with Crippen LogP contribution in [0.2, 0.25) is 0 Å². The van der Waals surface area contributed by atoms with Gasteiger partial charge in [0.25, 0.3) is 0 Å². The summed E-state index contributed by atoms with van der Waals surface area (Å²) in [6.07, 6.45) is 18.5. The number of amides is 1. The fourth-order valence-corrected chi connectivity index (χ4v) is 7.67. The maximum absolute atomic E-state index is 12.9. The van der Waals surface area contributed by atoms with Gasteiger partial charge in [0.15, 0.2) is 0 Å². The fraction of sp³-hybridized carbons (Fsp3) is 0.878. The summed E-state index contributed by atoms with van der Waals surface area (Å²) in [5, 5.41) is 74.2. The van der Waals surface area contributed by atoms with Crippen LogP contribution in [0.1, 0.15) is 168 Å². The standard InChI is InChI=1S/C41H78NO12P/c1-3-5-7-9-11-13-15-16-17-18-19-21-23-25-27-29-34(44)33(31-53-55(51,52)54-41-39(49)37(47)36(46)38(48)40(41)50)42-35(45)30-32(43)28-26-24-22-20-14-12-10-8-6-4-2/h12,14,27,29,32-34,36-41,43-44,46-50H,3-11,13,15-26,28,30-31H2,1-2H3,(H,42,45)(H,51,52)/b14-12-,29-27+. The fourth-order valence-electron chi connectivity index (χ4n) is 6.70. The highest BCUT2D eigenvalue weighted by Gasteiger charge is 2.51. The number of hydrogen-bond acceptors (Lipinski definition) is 11. The van der Waals surface area contributed by atoms with Crippen molar-refractivity contribution in [2.24, 2.45) is 0 Å². The molecule has 1 fully saturated rings. The van der Waals surface area contributed by atoms with E-state index in [-0.39, 0.29) is 6.42 Å². The summed E-state index contributed by atoms with van der Waals surface area (Å²) in [4.78, 5) is 23.3. The van der Waals surface area contributed by atoms with Crippen molar-refractivity contribution in [3.8, 4) is 0 Å². The molecule has 0 aromatic rings. The first-order chi connectivity index (χ1) is 26.3. The summed E-state index contributed by atoms with van der Waals surface area (Å²) in [7, 11) is -5.13. The highest BCUT2D eigenvalue weighted by Crippen LogP contribution is 2.47. The maximum Gasteiger partial charge on any atom is 0.472 e. The number of carbonyl (C=O) groups excluding carboxylic acids is 1. The minimum absolute atomic E-state index is 0.255. The van der Waals surface area contributed by atoms with Crippen molar-refractivity contribution < 1.29 is 59.0 Å². The van der Waals surface area contributed by atoms with E-state index in [1.807, 2.05) is 0 Å². The number of unbranched alkanes of at least 4 members (excludes halogenated alkanes) is 19. The second-order valence-corrected chi connectivity index (χ2v) is 16.8. The first-order valence-corrected chi connectivity index (χ1v) is 22.9. The van der Waals surface area contributed by atoms with Gasteiger partial charge in [0.05, 0.1) is 31.3 Å². The van der Waals surface area contributed by atoms with Crippen molar-refractivity contribution in [2.75, 3.05) is 6.61 Å². The van der Waals surface area contributed by atoms with Crippen LogP contribution in [0.3, 0.4) is 0 Å². The smallest absolute Gasteiger partial charge is 0.393 e. The molecule has 9 N–H and O–H groups in total. The summed E-state index contributed by atoms with van der Waals surface area (Å²) in [6.45, 7) is 3.67. The van der Waals surface area contributed by atoms with Crippen LogP contribution < -0.4 is 5.32 Å². The molecule has 1 saturated carbocycles. The number of carbonyl (C=O) groups is 1. The Morgan fingerprint density at radius 3 is 1.58 bits per heavy atom. The van der Waals surface area contributed by atoms with E-state index in [1.165, 1.54) is 89.5 Å². The van der Waals surface area contributed by atoms with Gasteiger partial charge in [-0.3, -0.25) is 13.8 Å². The molecule has 0 radical (unpaired) electrons. The van der Waals surface area contributed by atoms with Crippen LogP contribution in [0.25, 0.3) is 0 Å². The molecule has 1 rings (SSSR count). The van der Waals surface area contributed by atoms with E-state index in [9.17, 15) is 50.0 Å². The number of rotatable bonds is 34. The van der Waals surface area contributed by atoms with Crippen molar-refractivity contribution in [1.82, 2.24) is 5.32 Å². The van der Waals surface area contributed by atoms with Gasteiger partial charge in [-0.1, -0.05) is 141 Å². The zero-order valence-corrected chi connectivity index (χ0v) is 34.7. The number of phosphoric ester groups is 1.